The minimum atomic E-state index is -0.462. The Labute approximate surface area is 161 Å². The zero-order chi connectivity index (χ0) is 19.7. The summed E-state index contributed by atoms with van der Waals surface area (Å²) in [6.45, 7) is 4.38. The molecule has 2 aromatic heterocycles. The fourth-order valence-electron chi connectivity index (χ4n) is 3.25. The van der Waals surface area contributed by atoms with Gasteiger partial charge in [-0.3, -0.25) is 9.36 Å². The molecule has 7 nitrogen and oxygen atoms in total. The molecule has 0 atom stereocenters. The summed E-state index contributed by atoms with van der Waals surface area (Å²) < 4.78 is 9.89. The van der Waals surface area contributed by atoms with E-state index in [0.29, 0.717) is 35.0 Å². The molecule has 0 N–H and O–H groups in total. The molecule has 142 valence electrons. The van der Waals surface area contributed by atoms with Gasteiger partial charge >= 0.3 is 5.69 Å². The molecule has 0 saturated carbocycles. The molecule has 7 heteroatoms. The lowest BCUT2D eigenvalue weighted by atomic mass is 10.3. The van der Waals surface area contributed by atoms with Crippen LogP contribution in [0.15, 0.2) is 70.3 Å². The Balaban J connectivity index is 2.16. The van der Waals surface area contributed by atoms with E-state index in [4.69, 9.17) is 4.74 Å². The van der Waals surface area contributed by atoms with E-state index in [1.54, 1.807) is 35.8 Å². The van der Waals surface area contributed by atoms with Gasteiger partial charge in [0, 0.05) is 6.61 Å². The number of fused-ring (bicyclic) bond motifs is 1. The van der Waals surface area contributed by atoms with Gasteiger partial charge in [0.15, 0.2) is 11.2 Å². The summed E-state index contributed by atoms with van der Waals surface area (Å²) in [5, 5.41) is 0. The van der Waals surface area contributed by atoms with Crippen LogP contribution in [0, 0.1) is 6.92 Å². The van der Waals surface area contributed by atoms with E-state index in [9.17, 15) is 9.59 Å². The summed E-state index contributed by atoms with van der Waals surface area (Å²) >= 11 is 0. The summed E-state index contributed by atoms with van der Waals surface area (Å²) in [6, 6.07) is 18.1. The zero-order valence-electron chi connectivity index (χ0n) is 15.7. The lowest BCUT2D eigenvalue weighted by Crippen LogP contribution is -2.39. The maximum absolute atomic E-state index is 13.4. The highest BCUT2D eigenvalue weighted by Gasteiger charge is 2.21. The second-order valence-electron chi connectivity index (χ2n) is 6.31. The quantitative estimate of drug-likeness (QED) is 0.537. The smallest absolute Gasteiger partial charge is 0.342 e. The van der Waals surface area contributed by atoms with Gasteiger partial charge in [0.1, 0.15) is 12.6 Å². The number of hydrogen-bond donors (Lipinski definition) is 0. The first-order valence-electron chi connectivity index (χ1n) is 9.07. The molecule has 0 aliphatic heterocycles. The highest BCUT2D eigenvalue weighted by molar-refractivity contribution is 5.73. The molecule has 0 saturated heterocycles. The molecule has 0 radical (unpaired) electrons. The van der Waals surface area contributed by atoms with Crippen LogP contribution in [0.1, 0.15) is 12.7 Å². The van der Waals surface area contributed by atoms with Gasteiger partial charge in [-0.25, -0.2) is 18.9 Å². The number of aryl methyl sites for hydroxylation is 1. The Hall–Kier alpha value is -3.45. The van der Waals surface area contributed by atoms with Crippen molar-refractivity contribution < 1.29 is 4.74 Å². The molecule has 4 aromatic rings. The van der Waals surface area contributed by atoms with E-state index in [1.165, 1.54) is 9.13 Å². The topological polar surface area (TPSA) is 71.1 Å². The lowest BCUT2D eigenvalue weighted by molar-refractivity contribution is 0.0890. The van der Waals surface area contributed by atoms with E-state index in [0.717, 1.165) is 0 Å². The van der Waals surface area contributed by atoms with Crippen molar-refractivity contribution in [2.75, 3.05) is 6.61 Å². The van der Waals surface area contributed by atoms with Crippen LogP contribution < -0.4 is 11.2 Å². The van der Waals surface area contributed by atoms with Gasteiger partial charge in [-0.15, -0.1) is 0 Å². The maximum atomic E-state index is 13.4. The predicted octanol–water partition coefficient (Wildman–Crippen LogP) is 2.64. The van der Waals surface area contributed by atoms with Crippen LogP contribution in [0.5, 0.6) is 0 Å². The number of hydrogen-bond acceptors (Lipinski definition) is 4. The van der Waals surface area contributed by atoms with Crippen LogP contribution in [-0.4, -0.2) is 25.3 Å². The van der Waals surface area contributed by atoms with Crippen molar-refractivity contribution in [2.45, 2.75) is 20.6 Å². The molecule has 0 unspecified atom stereocenters. The Kier molecular flexibility index (Phi) is 4.67. The van der Waals surface area contributed by atoms with Gasteiger partial charge in [0.05, 0.1) is 11.4 Å². The second-order valence-corrected chi connectivity index (χ2v) is 6.31. The van der Waals surface area contributed by atoms with Gasteiger partial charge in [0.25, 0.3) is 5.56 Å². The molecule has 0 aliphatic rings. The SMILES string of the molecule is CCOCn1c(C)nc2c1c(=O)n(-c1ccccc1)c(=O)n2-c1ccccc1. The average Bonchev–Trinajstić information content (AvgIpc) is 3.04. The van der Waals surface area contributed by atoms with Crippen LogP contribution in [0.25, 0.3) is 22.5 Å². The third-order valence-electron chi connectivity index (χ3n) is 4.59. The monoisotopic (exact) mass is 376 g/mol. The Morgan fingerprint density at radius 3 is 2.04 bits per heavy atom. The summed E-state index contributed by atoms with van der Waals surface area (Å²) in [7, 11) is 0. The van der Waals surface area contributed by atoms with Gasteiger partial charge in [0.2, 0.25) is 0 Å². The number of imidazole rings is 1. The van der Waals surface area contributed by atoms with E-state index < -0.39 is 11.2 Å². The van der Waals surface area contributed by atoms with Crippen molar-refractivity contribution in [2.24, 2.45) is 0 Å². The van der Waals surface area contributed by atoms with Crippen molar-refractivity contribution in [3.63, 3.8) is 0 Å². The molecule has 0 aliphatic carbocycles. The number of nitrogens with zero attached hydrogens (tertiary/aromatic N) is 4. The third-order valence-corrected chi connectivity index (χ3v) is 4.59. The van der Waals surface area contributed by atoms with E-state index >= 15 is 0 Å². The molecule has 0 amide bonds. The number of rotatable bonds is 5. The van der Waals surface area contributed by atoms with Gasteiger partial charge in [-0.1, -0.05) is 36.4 Å². The van der Waals surface area contributed by atoms with Crippen molar-refractivity contribution in [3.8, 4) is 11.4 Å². The lowest BCUT2D eigenvalue weighted by Gasteiger charge is -2.13. The zero-order valence-corrected chi connectivity index (χ0v) is 15.7. The summed E-state index contributed by atoms with van der Waals surface area (Å²) in [4.78, 5) is 31.3. The van der Waals surface area contributed by atoms with E-state index in [1.807, 2.05) is 43.3 Å². The first kappa shape index (κ1) is 17.9. The summed E-state index contributed by atoms with van der Waals surface area (Å²) in [5.74, 6) is 0.607. The molecular formula is C21H20N4O3. The fourth-order valence-corrected chi connectivity index (χ4v) is 3.25. The fraction of sp³-hybridized carbons (Fsp3) is 0.190. The number of aromatic nitrogens is 4. The Bertz CT molecular complexity index is 1240. The molecule has 0 spiro atoms. The van der Waals surface area contributed by atoms with E-state index in [-0.39, 0.29) is 6.73 Å². The van der Waals surface area contributed by atoms with Gasteiger partial charge < -0.3 is 4.74 Å². The van der Waals surface area contributed by atoms with Gasteiger partial charge in [-0.05, 0) is 38.1 Å². The third kappa shape index (κ3) is 2.86. The van der Waals surface area contributed by atoms with Crippen LogP contribution in [-0.2, 0) is 11.5 Å². The minimum absolute atomic E-state index is 0.190. The maximum Gasteiger partial charge on any atom is 0.342 e. The van der Waals surface area contributed by atoms with Crippen LogP contribution >= 0.6 is 0 Å². The number of para-hydroxylation sites is 2. The molecular weight excluding hydrogens is 356 g/mol. The van der Waals surface area contributed by atoms with Crippen molar-refractivity contribution >= 4 is 11.2 Å². The Morgan fingerprint density at radius 1 is 0.893 bits per heavy atom. The minimum Gasteiger partial charge on any atom is -0.361 e. The highest BCUT2D eigenvalue weighted by Crippen LogP contribution is 2.16. The summed E-state index contributed by atoms with van der Waals surface area (Å²) in [6.07, 6.45) is 0. The molecule has 0 fully saturated rings. The predicted molar refractivity (Wildman–Crippen MR) is 107 cm³/mol. The van der Waals surface area contributed by atoms with E-state index in [2.05, 4.69) is 4.98 Å². The van der Waals surface area contributed by atoms with Crippen molar-refractivity contribution in [3.05, 3.63) is 87.3 Å². The molecule has 2 heterocycles. The summed E-state index contributed by atoms with van der Waals surface area (Å²) in [5.41, 5.74) is 0.924. The number of benzene rings is 2. The van der Waals surface area contributed by atoms with Crippen LogP contribution in [0.2, 0.25) is 0 Å². The van der Waals surface area contributed by atoms with Crippen LogP contribution in [0.3, 0.4) is 0 Å². The molecule has 0 bridgehead atoms. The van der Waals surface area contributed by atoms with Crippen LogP contribution in [0.4, 0.5) is 0 Å². The van der Waals surface area contributed by atoms with Crippen molar-refractivity contribution in [1.82, 2.24) is 18.7 Å². The molecule has 2 aromatic carbocycles. The first-order valence-corrected chi connectivity index (χ1v) is 9.07. The average molecular weight is 376 g/mol. The first-order chi connectivity index (χ1) is 13.6. The molecule has 4 rings (SSSR count). The van der Waals surface area contributed by atoms with Gasteiger partial charge in [-0.2, -0.15) is 0 Å². The standard InChI is InChI=1S/C21H20N4O3/c1-3-28-14-23-15(2)22-19-18(23)20(26)25(17-12-8-5-9-13-17)21(27)24(19)16-10-6-4-7-11-16/h4-13H,3,14H2,1-2H3. The Morgan fingerprint density at radius 2 is 1.46 bits per heavy atom. The normalized spacial score (nSPS) is 11.2. The number of ether oxygens (including phenoxy) is 1. The highest BCUT2D eigenvalue weighted by atomic mass is 16.5. The second kappa shape index (κ2) is 7.28. The largest absolute Gasteiger partial charge is 0.361 e. The molecule has 28 heavy (non-hydrogen) atoms. The van der Waals surface area contributed by atoms with Crippen molar-refractivity contribution in [1.29, 1.82) is 0 Å².